The highest BCUT2D eigenvalue weighted by Crippen LogP contribution is 2.31. The number of benzene rings is 2. The lowest BCUT2D eigenvalue weighted by molar-refractivity contribution is 1.23. The van der Waals surface area contributed by atoms with Crippen LogP contribution in [0.4, 0.5) is 5.69 Å². The van der Waals surface area contributed by atoms with E-state index >= 15 is 0 Å². The molecule has 0 radical (unpaired) electrons. The molecule has 3 nitrogen and oxygen atoms in total. The lowest BCUT2D eigenvalue weighted by atomic mass is 10.1. The second-order valence-corrected chi connectivity index (χ2v) is 4.70. The van der Waals surface area contributed by atoms with Crippen molar-refractivity contribution in [3.63, 3.8) is 0 Å². The molecule has 2 heterocycles. The standard InChI is InChI=1S/C12H7N3S/c1-4-10-12(16-6-15-10)8-2-3-9-11(7(1)8)14-5-13-9/h1-5H,6H2. The van der Waals surface area contributed by atoms with Gasteiger partial charge in [0.2, 0.25) is 0 Å². The minimum Gasteiger partial charge on any atom is -0.273 e. The van der Waals surface area contributed by atoms with Crippen LogP contribution in [-0.4, -0.2) is 12.2 Å². The van der Waals surface area contributed by atoms with Gasteiger partial charge in [0.1, 0.15) is 6.34 Å². The molecule has 0 saturated heterocycles. The molecule has 0 atom stereocenters. The summed E-state index contributed by atoms with van der Waals surface area (Å²) >= 11 is 1.79. The van der Waals surface area contributed by atoms with Gasteiger partial charge in [-0.05, 0) is 23.6 Å². The molecule has 0 aliphatic carbocycles. The molecule has 4 heteroatoms. The molecule has 2 aliphatic rings. The second-order valence-electron chi connectivity index (χ2n) is 3.75. The molecule has 0 fully saturated rings. The fourth-order valence-electron chi connectivity index (χ4n) is 2.17. The summed E-state index contributed by atoms with van der Waals surface area (Å²) < 4.78 is 0. The average molecular weight is 225 g/mol. The Morgan fingerprint density at radius 2 is 1.88 bits per heavy atom. The van der Waals surface area contributed by atoms with Crippen molar-refractivity contribution in [2.75, 3.05) is 5.88 Å². The van der Waals surface area contributed by atoms with Gasteiger partial charge < -0.3 is 0 Å². The summed E-state index contributed by atoms with van der Waals surface area (Å²) in [6.45, 7) is 0. The predicted molar refractivity (Wildman–Crippen MR) is 65.1 cm³/mol. The quantitative estimate of drug-likeness (QED) is 0.673. The molecule has 0 N–H and O–H groups in total. The fraction of sp³-hybridized carbons (Fsp3) is 0.0833. The van der Waals surface area contributed by atoms with E-state index < -0.39 is 0 Å². The third-order valence-corrected chi connectivity index (χ3v) is 3.88. The minimum absolute atomic E-state index is 0.833. The molecule has 2 aromatic carbocycles. The van der Waals surface area contributed by atoms with Crippen LogP contribution >= 0.6 is 11.8 Å². The van der Waals surface area contributed by atoms with Gasteiger partial charge in [-0.2, -0.15) is 0 Å². The zero-order valence-electron chi connectivity index (χ0n) is 8.34. The number of thioether (sulfide) groups is 1. The third kappa shape index (κ3) is 0.971. The third-order valence-electron chi connectivity index (χ3n) is 2.91. The lowest BCUT2D eigenvalue weighted by Crippen LogP contribution is -2.03. The van der Waals surface area contributed by atoms with Crippen LogP contribution in [0, 0.1) is 0 Å². The van der Waals surface area contributed by atoms with Crippen molar-refractivity contribution < 1.29 is 0 Å². The monoisotopic (exact) mass is 225 g/mol. The Labute approximate surface area is 95.6 Å². The summed E-state index contributed by atoms with van der Waals surface area (Å²) in [6, 6.07) is 8.33. The number of hydrogen-bond donors (Lipinski definition) is 0. The number of hydrogen-bond acceptors (Lipinski definition) is 4. The Morgan fingerprint density at radius 3 is 2.88 bits per heavy atom. The first-order valence-electron chi connectivity index (χ1n) is 5.07. The Bertz CT molecular complexity index is 762. The van der Waals surface area contributed by atoms with Crippen LogP contribution in [0.25, 0.3) is 10.8 Å². The summed E-state index contributed by atoms with van der Waals surface area (Å²) in [5.41, 5.74) is 0.993. The van der Waals surface area contributed by atoms with E-state index in [0.29, 0.717) is 0 Å². The highest BCUT2D eigenvalue weighted by molar-refractivity contribution is 7.99. The predicted octanol–water partition coefficient (Wildman–Crippen LogP) is 1.82. The second kappa shape index (κ2) is 2.92. The van der Waals surface area contributed by atoms with E-state index in [4.69, 9.17) is 0 Å². The van der Waals surface area contributed by atoms with Crippen molar-refractivity contribution in [1.82, 2.24) is 0 Å². The smallest absolute Gasteiger partial charge is 0.116 e. The Balaban J connectivity index is 2.26. The van der Waals surface area contributed by atoms with Crippen LogP contribution in [0.3, 0.4) is 0 Å². The van der Waals surface area contributed by atoms with Crippen LogP contribution in [-0.2, 0) is 0 Å². The van der Waals surface area contributed by atoms with E-state index in [1.165, 1.54) is 15.7 Å². The summed E-state index contributed by atoms with van der Waals surface area (Å²) in [5, 5.41) is 4.50. The Hall–Kier alpha value is -1.68. The molecular weight excluding hydrogens is 218 g/mol. The zero-order chi connectivity index (χ0) is 10.5. The van der Waals surface area contributed by atoms with Gasteiger partial charge >= 0.3 is 0 Å². The SMILES string of the molecule is C1=Nc2c(ccc3c4c(ccc23)=NCS4)=N1. The van der Waals surface area contributed by atoms with Gasteiger partial charge in [0.25, 0.3) is 0 Å². The summed E-state index contributed by atoms with van der Waals surface area (Å²) in [5.74, 6) is 0.833. The molecule has 0 saturated carbocycles. The summed E-state index contributed by atoms with van der Waals surface area (Å²) in [6.07, 6.45) is 1.62. The van der Waals surface area contributed by atoms with E-state index in [9.17, 15) is 0 Å². The van der Waals surface area contributed by atoms with Crippen molar-refractivity contribution in [1.29, 1.82) is 0 Å². The molecule has 76 valence electrons. The highest BCUT2D eigenvalue weighted by Gasteiger charge is 2.13. The molecule has 2 aromatic rings. The van der Waals surface area contributed by atoms with Crippen molar-refractivity contribution in [3.05, 3.63) is 35.0 Å². The van der Waals surface area contributed by atoms with E-state index in [0.717, 1.165) is 22.3 Å². The molecule has 0 aromatic heterocycles. The number of aliphatic imine (C=N–C) groups is 1. The van der Waals surface area contributed by atoms with Crippen LogP contribution in [0.15, 0.2) is 44.1 Å². The van der Waals surface area contributed by atoms with Crippen molar-refractivity contribution in [2.45, 2.75) is 4.90 Å². The Morgan fingerprint density at radius 1 is 1.00 bits per heavy atom. The zero-order valence-corrected chi connectivity index (χ0v) is 9.16. The molecular formula is C12H7N3S. The van der Waals surface area contributed by atoms with E-state index in [-0.39, 0.29) is 0 Å². The van der Waals surface area contributed by atoms with Gasteiger partial charge in [0.05, 0.1) is 22.3 Å². The van der Waals surface area contributed by atoms with Gasteiger partial charge in [-0.15, -0.1) is 0 Å². The van der Waals surface area contributed by atoms with Crippen LogP contribution in [0.5, 0.6) is 0 Å². The summed E-state index contributed by atoms with van der Waals surface area (Å²) in [7, 11) is 0. The van der Waals surface area contributed by atoms with Gasteiger partial charge in [-0.1, -0.05) is 17.8 Å². The first kappa shape index (κ1) is 8.47. The fourth-order valence-corrected chi connectivity index (χ4v) is 3.12. The molecule has 0 unspecified atom stereocenters. The topological polar surface area (TPSA) is 37.1 Å². The van der Waals surface area contributed by atoms with Gasteiger partial charge in [-0.3, -0.25) is 4.99 Å². The molecule has 4 rings (SSSR count). The maximum Gasteiger partial charge on any atom is 0.116 e. The molecule has 0 amide bonds. The molecule has 16 heavy (non-hydrogen) atoms. The van der Waals surface area contributed by atoms with Crippen molar-refractivity contribution in [3.8, 4) is 0 Å². The highest BCUT2D eigenvalue weighted by atomic mass is 32.2. The Kier molecular flexibility index (Phi) is 1.54. The maximum atomic E-state index is 4.44. The molecule has 2 aliphatic heterocycles. The van der Waals surface area contributed by atoms with Gasteiger partial charge in [0.15, 0.2) is 0 Å². The maximum absolute atomic E-state index is 4.44. The van der Waals surface area contributed by atoms with Gasteiger partial charge in [0, 0.05) is 10.3 Å². The van der Waals surface area contributed by atoms with E-state index in [1.807, 2.05) is 6.07 Å². The van der Waals surface area contributed by atoms with Crippen molar-refractivity contribution >= 4 is 34.6 Å². The van der Waals surface area contributed by atoms with E-state index in [1.54, 1.807) is 18.1 Å². The first-order valence-corrected chi connectivity index (χ1v) is 6.05. The van der Waals surface area contributed by atoms with Crippen LogP contribution in [0.1, 0.15) is 0 Å². The lowest BCUT2D eigenvalue weighted by Gasteiger charge is -2.03. The summed E-state index contributed by atoms with van der Waals surface area (Å²) in [4.78, 5) is 14.3. The van der Waals surface area contributed by atoms with Gasteiger partial charge in [-0.25, -0.2) is 9.98 Å². The average Bonchev–Trinajstić information content (AvgIpc) is 2.96. The van der Waals surface area contributed by atoms with E-state index in [2.05, 4.69) is 33.2 Å². The molecule has 0 bridgehead atoms. The molecule has 0 spiro atoms. The first-order chi connectivity index (χ1) is 7.93. The minimum atomic E-state index is 0.833. The van der Waals surface area contributed by atoms with Crippen LogP contribution < -0.4 is 10.7 Å². The number of rotatable bonds is 0. The number of fused-ring (bicyclic) bond motifs is 5. The number of nitrogens with zero attached hydrogens (tertiary/aromatic N) is 3. The van der Waals surface area contributed by atoms with Crippen molar-refractivity contribution in [2.24, 2.45) is 15.0 Å². The normalized spacial score (nSPS) is 15.8. The van der Waals surface area contributed by atoms with Crippen LogP contribution in [0.2, 0.25) is 0 Å². The largest absolute Gasteiger partial charge is 0.273 e.